The van der Waals surface area contributed by atoms with Gasteiger partial charge in [0.15, 0.2) is 0 Å². The number of carbonyl (C=O) groups is 1. The number of amides is 1. The van der Waals surface area contributed by atoms with Crippen LogP contribution in [0.3, 0.4) is 0 Å². The molecular formula is C15H22Br2N2O. The molecule has 0 bridgehead atoms. The third-order valence-electron chi connectivity index (χ3n) is 2.82. The summed E-state index contributed by atoms with van der Waals surface area (Å²) in [7, 11) is 0. The van der Waals surface area contributed by atoms with Crippen LogP contribution in [0.1, 0.15) is 40.5 Å². The summed E-state index contributed by atoms with van der Waals surface area (Å²) in [6.45, 7) is 8.68. The number of nitrogens with one attached hydrogen (secondary N) is 1. The molecule has 0 radical (unpaired) electrons. The van der Waals surface area contributed by atoms with Crippen molar-refractivity contribution in [2.24, 2.45) is 11.3 Å². The van der Waals surface area contributed by atoms with Crippen molar-refractivity contribution in [3.8, 4) is 0 Å². The van der Waals surface area contributed by atoms with Crippen LogP contribution in [0.25, 0.3) is 0 Å². The lowest BCUT2D eigenvalue weighted by Crippen LogP contribution is -2.19. The zero-order valence-corrected chi connectivity index (χ0v) is 15.6. The van der Waals surface area contributed by atoms with E-state index in [4.69, 9.17) is 5.73 Å². The van der Waals surface area contributed by atoms with Crippen LogP contribution in [0.2, 0.25) is 0 Å². The average molecular weight is 406 g/mol. The van der Waals surface area contributed by atoms with E-state index in [9.17, 15) is 4.79 Å². The monoisotopic (exact) mass is 404 g/mol. The van der Waals surface area contributed by atoms with Crippen molar-refractivity contribution in [2.75, 3.05) is 11.1 Å². The van der Waals surface area contributed by atoms with E-state index in [0.717, 1.165) is 21.1 Å². The van der Waals surface area contributed by atoms with E-state index in [1.807, 2.05) is 0 Å². The maximum absolute atomic E-state index is 12.1. The first-order valence-corrected chi connectivity index (χ1v) is 8.21. The normalized spacial score (nSPS) is 13.1. The van der Waals surface area contributed by atoms with E-state index < -0.39 is 0 Å². The van der Waals surface area contributed by atoms with Gasteiger partial charge < -0.3 is 11.1 Å². The van der Waals surface area contributed by atoms with Gasteiger partial charge in [0.1, 0.15) is 0 Å². The first kappa shape index (κ1) is 17.5. The quantitative estimate of drug-likeness (QED) is 0.676. The Hall–Kier alpha value is -0.550. The highest BCUT2D eigenvalue weighted by atomic mass is 79.9. The minimum absolute atomic E-state index is 0.0212. The largest absolute Gasteiger partial charge is 0.399 e. The van der Waals surface area contributed by atoms with Gasteiger partial charge in [-0.1, -0.05) is 27.7 Å². The zero-order chi connectivity index (χ0) is 15.5. The van der Waals surface area contributed by atoms with Crippen molar-refractivity contribution < 1.29 is 4.79 Å². The van der Waals surface area contributed by atoms with Crippen LogP contribution in [0, 0.1) is 11.3 Å². The molecule has 20 heavy (non-hydrogen) atoms. The molecule has 0 aliphatic rings. The Morgan fingerprint density at radius 3 is 2.25 bits per heavy atom. The first-order chi connectivity index (χ1) is 9.08. The van der Waals surface area contributed by atoms with Crippen LogP contribution in [-0.4, -0.2) is 5.91 Å². The van der Waals surface area contributed by atoms with Crippen LogP contribution in [0.15, 0.2) is 21.1 Å². The van der Waals surface area contributed by atoms with Gasteiger partial charge in [-0.2, -0.15) is 0 Å². The molecule has 0 aliphatic carbocycles. The minimum Gasteiger partial charge on any atom is -0.399 e. The molecule has 0 fully saturated rings. The molecule has 0 heterocycles. The summed E-state index contributed by atoms with van der Waals surface area (Å²) in [5.74, 6) is 0.370. The number of halogens is 2. The molecule has 0 spiro atoms. The highest BCUT2D eigenvalue weighted by molar-refractivity contribution is 9.11. The molecule has 0 saturated carbocycles. The summed E-state index contributed by atoms with van der Waals surface area (Å²) < 4.78 is 1.56. The van der Waals surface area contributed by atoms with Gasteiger partial charge in [0.25, 0.3) is 0 Å². The molecular weight excluding hydrogens is 384 g/mol. The molecule has 1 rings (SSSR count). The molecule has 1 aromatic rings. The van der Waals surface area contributed by atoms with Crippen LogP contribution in [-0.2, 0) is 4.79 Å². The molecule has 1 amide bonds. The van der Waals surface area contributed by atoms with Gasteiger partial charge in [-0.25, -0.2) is 0 Å². The number of carbonyl (C=O) groups excluding carboxylic acids is 1. The van der Waals surface area contributed by atoms with Crippen molar-refractivity contribution >= 4 is 49.1 Å². The Kier molecular flexibility index (Phi) is 6.07. The van der Waals surface area contributed by atoms with Crippen LogP contribution < -0.4 is 11.1 Å². The lowest BCUT2D eigenvalue weighted by atomic mass is 9.84. The third-order valence-corrected chi connectivity index (χ3v) is 4.07. The fourth-order valence-electron chi connectivity index (χ4n) is 2.34. The molecule has 3 nitrogen and oxygen atoms in total. The smallest absolute Gasteiger partial charge is 0.224 e. The molecule has 0 aliphatic heterocycles. The predicted molar refractivity (Wildman–Crippen MR) is 92.7 cm³/mol. The molecule has 0 saturated heterocycles. The maximum atomic E-state index is 12.1. The number of hydrogen-bond acceptors (Lipinski definition) is 2. The van der Waals surface area contributed by atoms with E-state index in [-0.39, 0.29) is 11.3 Å². The highest BCUT2D eigenvalue weighted by Gasteiger charge is 2.18. The van der Waals surface area contributed by atoms with Gasteiger partial charge in [-0.15, -0.1) is 0 Å². The summed E-state index contributed by atoms with van der Waals surface area (Å²) in [6.07, 6.45) is 1.53. The second-order valence-electron chi connectivity index (χ2n) is 6.48. The van der Waals surface area contributed by atoms with Crippen molar-refractivity contribution in [2.45, 2.75) is 40.5 Å². The van der Waals surface area contributed by atoms with Gasteiger partial charge >= 0.3 is 0 Å². The molecule has 1 aromatic carbocycles. The SMILES string of the molecule is CC(CC(=O)Nc1c(Br)cc(N)cc1Br)CC(C)(C)C. The standard InChI is InChI=1S/C15H22Br2N2O/c1-9(8-15(2,3)4)5-13(20)19-14-11(16)6-10(18)7-12(14)17/h6-7,9H,5,8,18H2,1-4H3,(H,19,20). The number of nitrogen functional groups attached to an aromatic ring is 1. The summed E-state index contributed by atoms with van der Waals surface area (Å²) >= 11 is 6.83. The fraction of sp³-hybridized carbons (Fsp3) is 0.533. The summed E-state index contributed by atoms with van der Waals surface area (Å²) in [5.41, 5.74) is 7.35. The number of rotatable bonds is 4. The number of anilines is 2. The number of benzene rings is 1. The van der Waals surface area contributed by atoms with Gasteiger partial charge in [-0.05, 0) is 61.7 Å². The lowest BCUT2D eigenvalue weighted by Gasteiger charge is -2.23. The van der Waals surface area contributed by atoms with E-state index in [1.54, 1.807) is 12.1 Å². The molecule has 1 atom stereocenters. The molecule has 1 unspecified atom stereocenters. The fourth-order valence-corrected chi connectivity index (χ4v) is 3.76. The highest BCUT2D eigenvalue weighted by Crippen LogP contribution is 2.34. The predicted octanol–water partition coefficient (Wildman–Crippen LogP) is 5.19. The molecule has 0 aromatic heterocycles. The second-order valence-corrected chi connectivity index (χ2v) is 8.19. The summed E-state index contributed by atoms with van der Waals surface area (Å²) in [5, 5.41) is 2.93. The van der Waals surface area contributed by atoms with Crippen molar-refractivity contribution in [1.82, 2.24) is 0 Å². The summed E-state index contributed by atoms with van der Waals surface area (Å²) in [4.78, 5) is 12.1. The Morgan fingerprint density at radius 2 is 1.80 bits per heavy atom. The molecule has 5 heteroatoms. The minimum atomic E-state index is 0.0212. The zero-order valence-electron chi connectivity index (χ0n) is 12.4. The number of hydrogen-bond donors (Lipinski definition) is 2. The second kappa shape index (κ2) is 6.94. The van der Waals surface area contributed by atoms with Crippen LogP contribution in [0.4, 0.5) is 11.4 Å². The van der Waals surface area contributed by atoms with E-state index in [2.05, 4.69) is 64.9 Å². The van der Waals surface area contributed by atoms with Crippen molar-refractivity contribution in [3.63, 3.8) is 0 Å². The number of nitrogens with two attached hydrogens (primary N) is 1. The van der Waals surface area contributed by atoms with Gasteiger partial charge in [0, 0.05) is 21.1 Å². The Morgan fingerprint density at radius 1 is 1.30 bits per heavy atom. The Labute approximate surface area is 138 Å². The van der Waals surface area contributed by atoms with Crippen LogP contribution in [0.5, 0.6) is 0 Å². The van der Waals surface area contributed by atoms with Crippen molar-refractivity contribution in [3.05, 3.63) is 21.1 Å². The van der Waals surface area contributed by atoms with E-state index in [0.29, 0.717) is 18.0 Å². The van der Waals surface area contributed by atoms with Gasteiger partial charge in [-0.3, -0.25) is 4.79 Å². The van der Waals surface area contributed by atoms with Crippen molar-refractivity contribution in [1.29, 1.82) is 0 Å². The topological polar surface area (TPSA) is 55.1 Å². The van der Waals surface area contributed by atoms with Gasteiger partial charge in [0.05, 0.1) is 5.69 Å². The third kappa shape index (κ3) is 5.83. The molecule has 112 valence electrons. The van der Waals surface area contributed by atoms with E-state index in [1.165, 1.54) is 0 Å². The summed E-state index contributed by atoms with van der Waals surface area (Å²) in [6, 6.07) is 3.55. The maximum Gasteiger partial charge on any atom is 0.224 e. The molecule has 3 N–H and O–H groups in total. The van der Waals surface area contributed by atoms with Crippen LogP contribution >= 0.6 is 31.9 Å². The van der Waals surface area contributed by atoms with E-state index >= 15 is 0 Å². The average Bonchev–Trinajstić information content (AvgIpc) is 2.20. The first-order valence-electron chi connectivity index (χ1n) is 6.63. The lowest BCUT2D eigenvalue weighted by molar-refractivity contribution is -0.117. The van der Waals surface area contributed by atoms with Gasteiger partial charge in [0.2, 0.25) is 5.91 Å². The Balaban J connectivity index is 2.68. The Bertz CT molecular complexity index is 472.